The summed E-state index contributed by atoms with van der Waals surface area (Å²) in [6.45, 7) is 0.339. The van der Waals surface area contributed by atoms with Crippen LogP contribution in [0.2, 0.25) is 0 Å². The Morgan fingerprint density at radius 1 is 1.00 bits per heavy atom. The summed E-state index contributed by atoms with van der Waals surface area (Å²) < 4.78 is 0. The first-order chi connectivity index (χ1) is 7.70. The maximum atomic E-state index is 11.4. The molecule has 0 unspecified atom stereocenters. The van der Waals surface area contributed by atoms with Crippen LogP contribution in [0.1, 0.15) is 24.0 Å². The summed E-state index contributed by atoms with van der Waals surface area (Å²) in [6, 6.07) is 7.23. The number of aliphatic hydroxyl groups is 1. The molecule has 0 spiro atoms. The molecule has 0 aromatic heterocycles. The van der Waals surface area contributed by atoms with E-state index in [1.165, 1.54) is 4.90 Å². The lowest BCUT2D eigenvalue weighted by molar-refractivity contribution is -0.139. The van der Waals surface area contributed by atoms with Gasteiger partial charge in [0.05, 0.1) is 13.2 Å². The summed E-state index contributed by atoms with van der Waals surface area (Å²) in [7, 11) is 0. The lowest BCUT2D eigenvalue weighted by atomic mass is 10.1. The molecule has 4 nitrogen and oxygen atoms in total. The van der Waals surface area contributed by atoms with E-state index in [-0.39, 0.29) is 18.4 Å². The van der Waals surface area contributed by atoms with Gasteiger partial charge in [-0.2, -0.15) is 0 Å². The summed E-state index contributed by atoms with van der Waals surface area (Å²) in [6.07, 6.45) is 0.654. The molecule has 0 atom stereocenters. The van der Waals surface area contributed by atoms with E-state index < -0.39 is 0 Å². The zero-order valence-electron chi connectivity index (χ0n) is 8.85. The van der Waals surface area contributed by atoms with Crippen molar-refractivity contribution in [3.63, 3.8) is 0 Å². The zero-order valence-corrected chi connectivity index (χ0v) is 8.85. The van der Waals surface area contributed by atoms with Gasteiger partial charge in [-0.1, -0.05) is 24.3 Å². The summed E-state index contributed by atoms with van der Waals surface area (Å²) >= 11 is 0. The average Bonchev–Trinajstić information content (AvgIpc) is 2.62. The van der Waals surface area contributed by atoms with Gasteiger partial charge < -0.3 is 5.11 Å². The second kappa shape index (κ2) is 4.45. The largest absolute Gasteiger partial charge is 0.392 e. The number of aliphatic hydroxyl groups excluding tert-OH is 1. The van der Waals surface area contributed by atoms with Gasteiger partial charge in [-0.3, -0.25) is 14.5 Å². The predicted molar refractivity (Wildman–Crippen MR) is 57.2 cm³/mol. The van der Waals surface area contributed by atoms with Gasteiger partial charge in [0.25, 0.3) is 0 Å². The molecule has 1 aliphatic rings. The second-order valence-corrected chi connectivity index (χ2v) is 3.85. The van der Waals surface area contributed by atoms with Gasteiger partial charge in [-0.15, -0.1) is 0 Å². The van der Waals surface area contributed by atoms with Crippen LogP contribution >= 0.6 is 0 Å². The van der Waals surface area contributed by atoms with E-state index in [2.05, 4.69) is 0 Å². The number of carbonyl (C=O) groups excluding carboxylic acids is 2. The predicted octanol–water partition coefficient (Wildman–Crippen LogP) is 0.828. The highest BCUT2D eigenvalue weighted by molar-refractivity contribution is 6.01. The van der Waals surface area contributed by atoms with E-state index in [1.807, 2.05) is 12.1 Å². The molecule has 1 heterocycles. The fourth-order valence-electron chi connectivity index (χ4n) is 1.73. The van der Waals surface area contributed by atoms with E-state index in [4.69, 9.17) is 5.11 Å². The van der Waals surface area contributed by atoms with E-state index in [1.54, 1.807) is 12.1 Å². The normalized spacial score (nSPS) is 15.9. The average molecular weight is 219 g/mol. The van der Waals surface area contributed by atoms with Crippen molar-refractivity contribution in [1.29, 1.82) is 0 Å². The van der Waals surface area contributed by atoms with Gasteiger partial charge in [-0.05, 0) is 11.1 Å². The Balaban J connectivity index is 2.08. The van der Waals surface area contributed by atoms with Crippen molar-refractivity contribution < 1.29 is 14.7 Å². The Morgan fingerprint density at radius 2 is 1.50 bits per heavy atom. The zero-order chi connectivity index (χ0) is 11.5. The number of nitrogens with zero attached hydrogens (tertiary/aromatic N) is 1. The number of carbonyl (C=O) groups is 2. The van der Waals surface area contributed by atoms with Crippen molar-refractivity contribution in [1.82, 2.24) is 4.90 Å². The molecular weight excluding hydrogens is 206 g/mol. The Kier molecular flexibility index (Phi) is 3.01. The van der Waals surface area contributed by atoms with E-state index in [9.17, 15) is 9.59 Å². The number of rotatable bonds is 3. The molecule has 1 aromatic carbocycles. The number of amides is 2. The molecule has 0 saturated carbocycles. The Labute approximate surface area is 93.5 Å². The van der Waals surface area contributed by atoms with Crippen molar-refractivity contribution in [3.05, 3.63) is 35.4 Å². The van der Waals surface area contributed by atoms with Gasteiger partial charge in [0, 0.05) is 12.8 Å². The quantitative estimate of drug-likeness (QED) is 0.766. The smallest absolute Gasteiger partial charge is 0.229 e. The summed E-state index contributed by atoms with van der Waals surface area (Å²) in [5.74, 6) is -0.201. The topological polar surface area (TPSA) is 57.6 Å². The molecule has 2 amide bonds. The third-order valence-electron chi connectivity index (χ3n) is 2.70. The van der Waals surface area contributed by atoms with Gasteiger partial charge in [0.2, 0.25) is 11.8 Å². The van der Waals surface area contributed by atoms with Crippen LogP contribution in [0.5, 0.6) is 0 Å². The third-order valence-corrected chi connectivity index (χ3v) is 2.70. The van der Waals surface area contributed by atoms with Crippen molar-refractivity contribution in [2.24, 2.45) is 0 Å². The minimum Gasteiger partial charge on any atom is -0.392 e. The Morgan fingerprint density at radius 3 is 2.00 bits per heavy atom. The van der Waals surface area contributed by atoms with Crippen LogP contribution in [0.4, 0.5) is 0 Å². The lowest BCUT2D eigenvalue weighted by Crippen LogP contribution is -2.28. The number of likely N-dealkylation sites (tertiary alicyclic amines) is 1. The van der Waals surface area contributed by atoms with Crippen LogP contribution in [-0.2, 0) is 22.7 Å². The highest BCUT2D eigenvalue weighted by Gasteiger charge is 2.28. The first-order valence-corrected chi connectivity index (χ1v) is 5.22. The number of benzene rings is 1. The van der Waals surface area contributed by atoms with Crippen LogP contribution in [0.15, 0.2) is 24.3 Å². The molecule has 16 heavy (non-hydrogen) atoms. The molecule has 0 bridgehead atoms. The number of hydrogen-bond donors (Lipinski definition) is 1. The molecule has 1 aromatic rings. The monoisotopic (exact) mass is 219 g/mol. The molecule has 4 heteroatoms. The fourth-order valence-corrected chi connectivity index (χ4v) is 1.73. The maximum absolute atomic E-state index is 11.4. The Bertz CT molecular complexity index is 395. The van der Waals surface area contributed by atoms with E-state index in [0.29, 0.717) is 19.4 Å². The molecule has 2 rings (SSSR count). The molecule has 1 N–H and O–H groups in total. The molecule has 1 saturated heterocycles. The molecule has 0 radical (unpaired) electrons. The first kappa shape index (κ1) is 10.8. The minimum absolute atomic E-state index is 0.00184. The molecule has 1 aliphatic heterocycles. The van der Waals surface area contributed by atoms with Crippen LogP contribution < -0.4 is 0 Å². The fraction of sp³-hybridized carbons (Fsp3) is 0.333. The summed E-state index contributed by atoms with van der Waals surface area (Å²) in [5, 5.41) is 8.88. The molecule has 1 fully saturated rings. The van der Waals surface area contributed by atoms with Gasteiger partial charge >= 0.3 is 0 Å². The standard InChI is InChI=1S/C12H13NO3/c14-8-10-3-1-9(2-4-10)7-13-11(15)5-6-12(13)16/h1-4,14H,5-8H2. The van der Waals surface area contributed by atoms with E-state index in [0.717, 1.165) is 11.1 Å². The maximum Gasteiger partial charge on any atom is 0.229 e. The van der Waals surface area contributed by atoms with Gasteiger partial charge in [0.15, 0.2) is 0 Å². The van der Waals surface area contributed by atoms with Crippen molar-refractivity contribution in [2.75, 3.05) is 0 Å². The molecule has 84 valence electrons. The minimum atomic E-state index is -0.101. The Hall–Kier alpha value is -1.68. The van der Waals surface area contributed by atoms with Crippen LogP contribution in [0.3, 0.4) is 0 Å². The molecular formula is C12H13NO3. The van der Waals surface area contributed by atoms with Gasteiger partial charge in [0.1, 0.15) is 0 Å². The highest BCUT2D eigenvalue weighted by Crippen LogP contribution is 2.16. The van der Waals surface area contributed by atoms with Crippen molar-refractivity contribution in [2.45, 2.75) is 26.0 Å². The van der Waals surface area contributed by atoms with E-state index >= 15 is 0 Å². The summed E-state index contributed by atoms with van der Waals surface area (Å²) in [5.41, 5.74) is 1.73. The van der Waals surface area contributed by atoms with Crippen LogP contribution in [-0.4, -0.2) is 21.8 Å². The molecule has 0 aliphatic carbocycles. The van der Waals surface area contributed by atoms with Crippen molar-refractivity contribution >= 4 is 11.8 Å². The van der Waals surface area contributed by atoms with Gasteiger partial charge in [-0.25, -0.2) is 0 Å². The first-order valence-electron chi connectivity index (χ1n) is 5.22. The summed E-state index contributed by atoms with van der Waals surface area (Å²) in [4.78, 5) is 24.0. The number of imide groups is 1. The van der Waals surface area contributed by atoms with Crippen LogP contribution in [0, 0.1) is 0 Å². The number of hydrogen-bond acceptors (Lipinski definition) is 3. The SMILES string of the molecule is O=C1CCC(=O)N1Cc1ccc(CO)cc1. The van der Waals surface area contributed by atoms with Crippen molar-refractivity contribution in [3.8, 4) is 0 Å². The van der Waals surface area contributed by atoms with Crippen LogP contribution in [0.25, 0.3) is 0 Å². The lowest BCUT2D eigenvalue weighted by Gasteiger charge is -2.13. The third kappa shape index (κ3) is 2.12. The highest BCUT2D eigenvalue weighted by atomic mass is 16.3. The second-order valence-electron chi connectivity index (χ2n) is 3.85.